The summed E-state index contributed by atoms with van der Waals surface area (Å²) in [6.07, 6.45) is -0.861. The topological polar surface area (TPSA) is 125 Å². The molecule has 0 unspecified atom stereocenters. The molecule has 2 N–H and O–H groups in total. The van der Waals surface area contributed by atoms with Crippen LogP contribution in [0.15, 0.2) is 0 Å². The first-order valence-corrected chi connectivity index (χ1v) is 11.3. The van der Waals surface area contributed by atoms with Gasteiger partial charge in [-0.05, 0) is 39.5 Å². The molecule has 0 aromatic carbocycles. The summed E-state index contributed by atoms with van der Waals surface area (Å²) in [5, 5.41) is 0.921. The van der Waals surface area contributed by atoms with Crippen LogP contribution in [0.5, 0.6) is 0 Å². The van der Waals surface area contributed by atoms with Crippen molar-refractivity contribution in [2.75, 3.05) is 7.11 Å². The molecule has 0 radical (unpaired) electrons. The Hall–Kier alpha value is -2.00. The van der Waals surface area contributed by atoms with E-state index in [2.05, 4.69) is 0 Å². The van der Waals surface area contributed by atoms with Crippen molar-refractivity contribution in [3.63, 3.8) is 0 Å². The lowest BCUT2D eigenvalue weighted by Gasteiger charge is -2.41. The summed E-state index contributed by atoms with van der Waals surface area (Å²) in [5.41, 5.74) is -2.12. The molecular weight excluding hydrogens is 416 g/mol. The molecule has 0 aromatic heterocycles. The van der Waals surface area contributed by atoms with Crippen LogP contribution in [0.1, 0.15) is 67.7 Å². The molecule has 9 heteroatoms. The Morgan fingerprint density at radius 1 is 1.12 bits per heavy atom. The number of rotatable bonds is 2. The summed E-state index contributed by atoms with van der Waals surface area (Å²) >= 11 is 0. The summed E-state index contributed by atoms with van der Waals surface area (Å²) in [7, 11) is 1.55. The van der Waals surface area contributed by atoms with Crippen LogP contribution in [0.2, 0.25) is 0 Å². The van der Waals surface area contributed by atoms with Crippen molar-refractivity contribution < 1.29 is 33.4 Å². The van der Waals surface area contributed by atoms with Gasteiger partial charge in [0, 0.05) is 25.4 Å². The molecular formula is C23H38N2O7. The summed E-state index contributed by atoms with van der Waals surface area (Å²) < 4.78 is 17.1. The van der Waals surface area contributed by atoms with E-state index in [-0.39, 0.29) is 23.9 Å². The molecule has 182 valence electrons. The Morgan fingerprint density at radius 3 is 2.25 bits per heavy atom. The zero-order valence-electron chi connectivity index (χ0n) is 20.5. The second kappa shape index (κ2) is 9.47. The molecule has 0 aliphatic carbocycles. The summed E-state index contributed by atoms with van der Waals surface area (Å²) in [5.74, 6) is 2.64. The molecule has 1 amide bonds. The van der Waals surface area contributed by atoms with E-state index in [0.29, 0.717) is 12.8 Å². The normalized spacial score (nSPS) is 42.2. The molecule has 0 saturated carbocycles. The molecule has 2 aliphatic rings. The van der Waals surface area contributed by atoms with Gasteiger partial charge in [-0.15, -0.1) is 0 Å². The van der Waals surface area contributed by atoms with E-state index in [1.54, 1.807) is 27.9 Å². The lowest BCUT2D eigenvalue weighted by Crippen LogP contribution is -2.59. The predicted molar refractivity (Wildman–Crippen MR) is 116 cm³/mol. The summed E-state index contributed by atoms with van der Waals surface area (Å²) in [6, 6.07) is -0.845. The first kappa shape index (κ1) is 26.3. The number of carbonyl (C=O) groups excluding carboxylic acids is 4. The van der Waals surface area contributed by atoms with Crippen LogP contribution in [0.25, 0.3) is 0 Å². The smallest absolute Gasteiger partial charge is 0.425 e. The van der Waals surface area contributed by atoms with Crippen molar-refractivity contribution in [1.29, 1.82) is 0 Å². The van der Waals surface area contributed by atoms with Gasteiger partial charge in [0.15, 0.2) is 5.60 Å². The number of ether oxygens (including phenoxy) is 3. The maximum Gasteiger partial charge on any atom is 0.425 e. The van der Waals surface area contributed by atoms with E-state index in [4.69, 9.17) is 20.1 Å². The molecule has 0 spiro atoms. The Labute approximate surface area is 190 Å². The van der Waals surface area contributed by atoms with Crippen molar-refractivity contribution in [3.8, 4) is 0 Å². The monoisotopic (exact) mass is 454 g/mol. The fraction of sp³-hybridized carbons (Fsp3) is 0.826. The largest absolute Gasteiger partial charge is 0.458 e. The number of nitrogens with zero attached hydrogens (tertiary/aromatic N) is 1. The van der Waals surface area contributed by atoms with E-state index in [1.807, 2.05) is 20.8 Å². The number of Topliss-reactive ketones (excluding diaryl/α,β-unsaturated/α-hetero) is 2. The number of amides is 1. The van der Waals surface area contributed by atoms with E-state index in [9.17, 15) is 19.2 Å². The van der Waals surface area contributed by atoms with Crippen molar-refractivity contribution in [2.45, 2.75) is 91.1 Å². The van der Waals surface area contributed by atoms with Gasteiger partial charge < -0.3 is 14.2 Å². The number of ketones is 2. The number of hydrogen-bond acceptors (Lipinski definition) is 8. The number of hydrazine groups is 1. The summed E-state index contributed by atoms with van der Waals surface area (Å²) in [4.78, 5) is 51.6. The maximum atomic E-state index is 13.5. The Kier molecular flexibility index (Phi) is 7.77. The highest BCUT2D eigenvalue weighted by atomic mass is 16.6. The third-order valence-corrected chi connectivity index (χ3v) is 7.65. The van der Waals surface area contributed by atoms with Gasteiger partial charge >= 0.3 is 12.1 Å². The molecule has 2 heterocycles. The highest BCUT2D eigenvalue weighted by Gasteiger charge is 2.59. The Balaban J connectivity index is 2.57. The van der Waals surface area contributed by atoms with E-state index in [1.165, 1.54) is 6.92 Å². The van der Waals surface area contributed by atoms with Crippen molar-refractivity contribution in [2.24, 2.45) is 29.5 Å². The zero-order valence-corrected chi connectivity index (χ0v) is 20.5. The number of nitrogens with two attached hydrogens (primary N) is 1. The minimum atomic E-state index is -1.35. The number of cyclic esters (lactones) is 1. The first-order valence-electron chi connectivity index (χ1n) is 11.3. The van der Waals surface area contributed by atoms with Gasteiger partial charge in [-0.25, -0.2) is 15.6 Å². The Morgan fingerprint density at radius 2 is 1.72 bits per heavy atom. The third kappa shape index (κ3) is 4.55. The third-order valence-electron chi connectivity index (χ3n) is 7.65. The van der Waals surface area contributed by atoms with Crippen LogP contribution in [0.3, 0.4) is 0 Å². The van der Waals surface area contributed by atoms with Gasteiger partial charge in [-0.3, -0.25) is 14.4 Å². The van der Waals surface area contributed by atoms with Crippen LogP contribution in [-0.2, 0) is 28.6 Å². The number of fused-ring (bicyclic) bond motifs is 1. The summed E-state index contributed by atoms with van der Waals surface area (Å²) in [6.45, 7) is 12.2. The number of esters is 1. The standard InChI is InChI=1S/C23H38N2O7/c1-9-17-23(7)19(25(24)21(29)32-23)15(5)18(27)12(2)11-22(6,30-8)13(3)10-16(26)14(4)20(28)31-17/h12-15,17,19H,9-11,24H2,1-8H3/t12-,13-,14-,15+,17-,19-,22-,23-/m1/s1. The van der Waals surface area contributed by atoms with Crippen molar-refractivity contribution >= 4 is 23.6 Å². The van der Waals surface area contributed by atoms with Gasteiger partial charge in [0.2, 0.25) is 0 Å². The lowest BCUT2D eigenvalue weighted by molar-refractivity contribution is -0.171. The highest BCUT2D eigenvalue weighted by Crippen LogP contribution is 2.41. The average molecular weight is 455 g/mol. The molecule has 0 bridgehead atoms. The van der Waals surface area contributed by atoms with Crippen molar-refractivity contribution in [1.82, 2.24) is 5.01 Å². The Bertz CT molecular complexity index is 771. The van der Waals surface area contributed by atoms with Crippen LogP contribution in [0, 0.1) is 23.7 Å². The van der Waals surface area contributed by atoms with Gasteiger partial charge in [0.25, 0.3) is 0 Å². The van der Waals surface area contributed by atoms with Gasteiger partial charge in [-0.1, -0.05) is 27.7 Å². The van der Waals surface area contributed by atoms with Gasteiger partial charge in [0.1, 0.15) is 29.6 Å². The average Bonchev–Trinajstić information content (AvgIpc) is 2.97. The van der Waals surface area contributed by atoms with Crippen molar-refractivity contribution in [3.05, 3.63) is 0 Å². The van der Waals surface area contributed by atoms with Gasteiger partial charge in [-0.2, -0.15) is 0 Å². The molecule has 2 fully saturated rings. The van der Waals surface area contributed by atoms with E-state index in [0.717, 1.165) is 5.01 Å². The van der Waals surface area contributed by atoms with Crippen LogP contribution in [-0.4, -0.2) is 59.1 Å². The second-order valence-corrected chi connectivity index (χ2v) is 9.84. The minimum Gasteiger partial charge on any atom is -0.458 e. The molecule has 8 atom stereocenters. The molecule has 2 rings (SSSR count). The van der Waals surface area contributed by atoms with Crippen LogP contribution >= 0.6 is 0 Å². The number of hydrogen-bond donors (Lipinski definition) is 1. The molecule has 2 aliphatic heterocycles. The van der Waals surface area contributed by atoms with Gasteiger partial charge in [0.05, 0.1) is 5.60 Å². The van der Waals surface area contributed by atoms with E-state index < -0.39 is 53.2 Å². The SMILES string of the molecule is CC[C@H]1OC(=O)[C@H](C)C(=O)C[C@@H](C)[C@](C)(OC)C[C@@H](C)C(=O)[C@H](C)[C@H]2N(N)C(=O)O[C@]12C. The highest BCUT2D eigenvalue weighted by molar-refractivity contribution is 5.98. The predicted octanol–water partition coefficient (Wildman–Crippen LogP) is 2.64. The molecule has 32 heavy (non-hydrogen) atoms. The lowest BCUT2D eigenvalue weighted by atomic mass is 9.73. The second-order valence-electron chi connectivity index (χ2n) is 9.84. The minimum absolute atomic E-state index is 0.108. The fourth-order valence-electron chi connectivity index (χ4n) is 5.16. The number of carbonyl (C=O) groups is 4. The first-order chi connectivity index (χ1) is 14.7. The zero-order chi connectivity index (χ0) is 24.6. The van der Waals surface area contributed by atoms with Crippen LogP contribution < -0.4 is 5.84 Å². The fourth-order valence-corrected chi connectivity index (χ4v) is 5.16. The quantitative estimate of drug-likeness (QED) is 0.292. The molecule has 2 saturated heterocycles. The molecule has 0 aromatic rings. The maximum absolute atomic E-state index is 13.5. The molecule has 9 nitrogen and oxygen atoms in total. The number of methoxy groups -OCH3 is 1. The van der Waals surface area contributed by atoms with E-state index >= 15 is 0 Å². The van der Waals surface area contributed by atoms with Crippen LogP contribution in [0.4, 0.5) is 4.79 Å².